The quantitative estimate of drug-likeness (QED) is 0.585. The average molecular weight is 286 g/mol. The van der Waals surface area contributed by atoms with E-state index >= 15 is 0 Å². The molecule has 0 aliphatic rings. The molecule has 0 aliphatic carbocycles. The first-order chi connectivity index (χ1) is 10.7. The number of hydrogen-bond donors (Lipinski definition) is 0. The van der Waals surface area contributed by atoms with Gasteiger partial charge in [-0.15, -0.1) is 0 Å². The number of carbonyl (C=O) groups excluding carboxylic acids is 1. The summed E-state index contributed by atoms with van der Waals surface area (Å²) in [5.74, 6) is 0. The van der Waals surface area contributed by atoms with Gasteiger partial charge in [0, 0.05) is 5.56 Å². The summed E-state index contributed by atoms with van der Waals surface area (Å²) in [5, 5.41) is 0. The van der Waals surface area contributed by atoms with Crippen molar-refractivity contribution in [3.63, 3.8) is 0 Å². The fourth-order valence-corrected chi connectivity index (χ4v) is 2.57. The SMILES string of the molecule is Cc1ccc(-c2ccc(C=O)c(-c3ccc(C)cc3)c2)cc1. The van der Waals surface area contributed by atoms with E-state index in [1.165, 1.54) is 11.1 Å². The summed E-state index contributed by atoms with van der Waals surface area (Å²) in [5.41, 5.74) is 7.52. The summed E-state index contributed by atoms with van der Waals surface area (Å²) in [7, 11) is 0. The Balaban J connectivity index is 2.12. The first-order valence-electron chi connectivity index (χ1n) is 7.41. The Morgan fingerprint density at radius 3 is 1.68 bits per heavy atom. The molecule has 3 aromatic rings. The molecule has 0 atom stereocenters. The molecule has 0 fully saturated rings. The molecule has 0 amide bonds. The summed E-state index contributed by atoms with van der Waals surface area (Å²) in [6.07, 6.45) is 0.925. The van der Waals surface area contributed by atoms with Gasteiger partial charge in [-0.25, -0.2) is 0 Å². The molecule has 3 rings (SSSR count). The Labute approximate surface area is 131 Å². The lowest BCUT2D eigenvalue weighted by atomic mass is 9.94. The van der Waals surface area contributed by atoms with Crippen LogP contribution in [0.1, 0.15) is 21.5 Å². The monoisotopic (exact) mass is 286 g/mol. The van der Waals surface area contributed by atoms with Crippen molar-refractivity contribution in [2.75, 3.05) is 0 Å². The molecule has 3 aromatic carbocycles. The topological polar surface area (TPSA) is 17.1 Å². The molecular formula is C21H18O. The minimum Gasteiger partial charge on any atom is -0.298 e. The van der Waals surface area contributed by atoms with Crippen molar-refractivity contribution < 1.29 is 4.79 Å². The first kappa shape index (κ1) is 14.3. The van der Waals surface area contributed by atoms with Gasteiger partial charge in [0.05, 0.1) is 0 Å². The van der Waals surface area contributed by atoms with Crippen LogP contribution in [-0.2, 0) is 0 Å². The molecule has 0 heterocycles. The van der Waals surface area contributed by atoms with Gasteiger partial charge in [0.15, 0.2) is 6.29 Å². The molecule has 0 aromatic heterocycles. The van der Waals surface area contributed by atoms with E-state index in [0.717, 1.165) is 34.1 Å². The van der Waals surface area contributed by atoms with Gasteiger partial charge >= 0.3 is 0 Å². The average Bonchev–Trinajstić information content (AvgIpc) is 2.56. The smallest absolute Gasteiger partial charge is 0.150 e. The summed E-state index contributed by atoms with van der Waals surface area (Å²) >= 11 is 0. The number of aldehydes is 1. The van der Waals surface area contributed by atoms with E-state index in [0.29, 0.717) is 0 Å². The zero-order valence-corrected chi connectivity index (χ0v) is 12.8. The van der Waals surface area contributed by atoms with Crippen molar-refractivity contribution in [3.05, 3.63) is 83.4 Å². The van der Waals surface area contributed by atoms with E-state index in [9.17, 15) is 4.79 Å². The van der Waals surface area contributed by atoms with Crippen LogP contribution in [0.5, 0.6) is 0 Å². The third kappa shape index (κ3) is 2.84. The third-order valence-electron chi connectivity index (χ3n) is 3.93. The van der Waals surface area contributed by atoms with E-state index in [-0.39, 0.29) is 0 Å². The molecule has 0 aliphatic heterocycles. The van der Waals surface area contributed by atoms with Crippen LogP contribution in [0.2, 0.25) is 0 Å². The Bertz CT molecular complexity index is 796. The van der Waals surface area contributed by atoms with E-state index in [4.69, 9.17) is 0 Å². The molecule has 1 heteroatoms. The fourth-order valence-electron chi connectivity index (χ4n) is 2.57. The Morgan fingerprint density at radius 2 is 1.14 bits per heavy atom. The lowest BCUT2D eigenvalue weighted by Crippen LogP contribution is -1.89. The van der Waals surface area contributed by atoms with Gasteiger partial charge in [0.1, 0.15) is 0 Å². The van der Waals surface area contributed by atoms with Crippen LogP contribution in [0.3, 0.4) is 0 Å². The normalized spacial score (nSPS) is 10.5. The van der Waals surface area contributed by atoms with Crippen LogP contribution in [0, 0.1) is 13.8 Å². The highest BCUT2D eigenvalue weighted by Gasteiger charge is 2.07. The minimum atomic E-state index is 0.722. The predicted octanol–water partition coefficient (Wildman–Crippen LogP) is 5.45. The van der Waals surface area contributed by atoms with E-state index in [1.807, 2.05) is 12.1 Å². The zero-order valence-electron chi connectivity index (χ0n) is 12.8. The second kappa shape index (κ2) is 5.98. The highest BCUT2D eigenvalue weighted by molar-refractivity contribution is 5.90. The minimum absolute atomic E-state index is 0.722. The van der Waals surface area contributed by atoms with Crippen LogP contribution >= 0.6 is 0 Å². The van der Waals surface area contributed by atoms with Crippen molar-refractivity contribution in [1.29, 1.82) is 0 Å². The maximum absolute atomic E-state index is 11.4. The maximum atomic E-state index is 11.4. The number of carbonyl (C=O) groups is 1. The summed E-state index contributed by atoms with van der Waals surface area (Å²) in [4.78, 5) is 11.4. The van der Waals surface area contributed by atoms with Crippen LogP contribution in [0.4, 0.5) is 0 Å². The Morgan fingerprint density at radius 1 is 0.636 bits per heavy atom. The number of aryl methyl sites for hydroxylation is 2. The van der Waals surface area contributed by atoms with Gasteiger partial charge < -0.3 is 0 Å². The van der Waals surface area contributed by atoms with Crippen LogP contribution in [0.15, 0.2) is 66.7 Å². The molecule has 108 valence electrons. The first-order valence-corrected chi connectivity index (χ1v) is 7.41. The van der Waals surface area contributed by atoms with Crippen molar-refractivity contribution in [2.45, 2.75) is 13.8 Å². The lowest BCUT2D eigenvalue weighted by Gasteiger charge is -2.10. The van der Waals surface area contributed by atoms with Crippen molar-refractivity contribution >= 4 is 6.29 Å². The molecule has 22 heavy (non-hydrogen) atoms. The third-order valence-corrected chi connectivity index (χ3v) is 3.93. The van der Waals surface area contributed by atoms with Gasteiger partial charge in [0.2, 0.25) is 0 Å². The lowest BCUT2D eigenvalue weighted by molar-refractivity contribution is 0.112. The standard InChI is InChI=1S/C21H18O/c1-15-3-7-17(8-4-15)19-11-12-20(14-22)21(13-19)18-9-5-16(2)6-10-18/h3-14H,1-2H3. The van der Waals surface area contributed by atoms with Crippen LogP contribution < -0.4 is 0 Å². The Kier molecular flexibility index (Phi) is 3.88. The van der Waals surface area contributed by atoms with E-state index in [2.05, 4.69) is 68.4 Å². The van der Waals surface area contributed by atoms with E-state index in [1.54, 1.807) is 0 Å². The highest BCUT2D eigenvalue weighted by Crippen LogP contribution is 2.29. The number of rotatable bonds is 3. The fraction of sp³-hybridized carbons (Fsp3) is 0.0952. The maximum Gasteiger partial charge on any atom is 0.150 e. The number of benzene rings is 3. The molecule has 0 bridgehead atoms. The second-order valence-electron chi connectivity index (χ2n) is 5.65. The van der Waals surface area contributed by atoms with Gasteiger partial charge in [-0.1, -0.05) is 71.8 Å². The Hall–Kier alpha value is -2.67. The van der Waals surface area contributed by atoms with Gasteiger partial charge in [-0.2, -0.15) is 0 Å². The summed E-state index contributed by atoms with van der Waals surface area (Å²) in [6.45, 7) is 4.14. The number of hydrogen-bond acceptors (Lipinski definition) is 1. The highest BCUT2D eigenvalue weighted by atomic mass is 16.1. The van der Waals surface area contributed by atoms with Gasteiger partial charge in [0.25, 0.3) is 0 Å². The summed E-state index contributed by atoms with van der Waals surface area (Å²) in [6, 6.07) is 22.7. The van der Waals surface area contributed by atoms with Gasteiger partial charge in [-0.3, -0.25) is 4.79 Å². The van der Waals surface area contributed by atoms with Crippen molar-refractivity contribution in [2.24, 2.45) is 0 Å². The molecule has 0 saturated carbocycles. The predicted molar refractivity (Wildman–Crippen MR) is 92.2 cm³/mol. The zero-order chi connectivity index (χ0) is 15.5. The van der Waals surface area contributed by atoms with Crippen molar-refractivity contribution in [3.8, 4) is 22.3 Å². The van der Waals surface area contributed by atoms with Gasteiger partial charge in [-0.05, 0) is 42.2 Å². The van der Waals surface area contributed by atoms with Crippen molar-refractivity contribution in [1.82, 2.24) is 0 Å². The van der Waals surface area contributed by atoms with E-state index < -0.39 is 0 Å². The molecule has 1 nitrogen and oxygen atoms in total. The molecule has 0 unspecified atom stereocenters. The molecule has 0 spiro atoms. The second-order valence-corrected chi connectivity index (χ2v) is 5.65. The van der Waals surface area contributed by atoms with Crippen LogP contribution in [0.25, 0.3) is 22.3 Å². The van der Waals surface area contributed by atoms with Crippen LogP contribution in [-0.4, -0.2) is 6.29 Å². The molecule has 0 radical (unpaired) electrons. The summed E-state index contributed by atoms with van der Waals surface area (Å²) < 4.78 is 0. The molecule has 0 N–H and O–H groups in total. The molecular weight excluding hydrogens is 268 g/mol. The largest absolute Gasteiger partial charge is 0.298 e. The molecule has 0 saturated heterocycles.